The molecule has 19 heavy (non-hydrogen) atoms. The quantitative estimate of drug-likeness (QED) is 0.886. The summed E-state index contributed by atoms with van der Waals surface area (Å²) in [5.41, 5.74) is 2.42. The maximum atomic E-state index is 11.5. The van der Waals surface area contributed by atoms with Gasteiger partial charge >= 0.3 is 5.97 Å². The molecule has 1 aliphatic rings. The van der Waals surface area contributed by atoms with Crippen LogP contribution in [-0.2, 0) is 17.6 Å². The lowest BCUT2D eigenvalue weighted by atomic mass is 10.0. The summed E-state index contributed by atoms with van der Waals surface area (Å²) in [4.78, 5) is 13.6. The molecule has 3 nitrogen and oxygen atoms in total. The first-order chi connectivity index (χ1) is 9.20. The van der Waals surface area contributed by atoms with Crippen LogP contribution in [0.5, 0.6) is 0 Å². The Bertz CT molecular complexity index is 407. The van der Waals surface area contributed by atoms with E-state index < -0.39 is 5.97 Å². The molecule has 0 spiro atoms. The largest absolute Gasteiger partial charge is 0.480 e. The van der Waals surface area contributed by atoms with Gasteiger partial charge in [0.1, 0.15) is 6.04 Å². The topological polar surface area (TPSA) is 40.5 Å². The normalized spacial score (nSPS) is 18.2. The molecule has 1 atom stereocenters. The van der Waals surface area contributed by atoms with Gasteiger partial charge in [0.05, 0.1) is 0 Å². The average Bonchev–Trinajstić information content (AvgIpc) is 2.46. The molecule has 3 heteroatoms. The van der Waals surface area contributed by atoms with Crippen LogP contribution in [0, 0.1) is 0 Å². The van der Waals surface area contributed by atoms with E-state index in [9.17, 15) is 9.90 Å². The number of carboxylic acids is 1. The van der Waals surface area contributed by atoms with Crippen LogP contribution in [0.2, 0.25) is 0 Å². The van der Waals surface area contributed by atoms with Gasteiger partial charge in [-0.15, -0.1) is 0 Å². The van der Waals surface area contributed by atoms with Crippen molar-refractivity contribution in [1.29, 1.82) is 0 Å². The number of aryl methyl sites for hydroxylation is 1. The molecule has 1 aromatic carbocycles. The van der Waals surface area contributed by atoms with Crippen molar-refractivity contribution in [3.05, 3.63) is 35.4 Å². The number of aliphatic carboxylic acids is 1. The molecule has 0 bridgehead atoms. The first-order valence-corrected chi connectivity index (χ1v) is 7.25. The average molecular weight is 261 g/mol. The Morgan fingerprint density at radius 1 is 1.16 bits per heavy atom. The Hall–Kier alpha value is -1.35. The molecule has 0 saturated carbocycles. The smallest absolute Gasteiger partial charge is 0.321 e. The zero-order chi connectivity index (χ0) is 13.7. The minimum atomic E-state index is -0.693. The highest BCUT2D eigenvalue weighted by Gasteiger charge is 2.26. The highest BCUT2D eigenvalue weighted by molar-refractivity contribution is 5.74. The molecule has 0 aliphatic carbocycles. The number of likely N-dealkylation sites (tertiary alicyclic amines) is 1. The van der Waals surface area contributed by atoms with E-state index >= 15 is 0 Å². The van der Waals surface area contributed by atoms with E-state index in [1.807, 2.05) is 0 Å². The van der Waals surface area contributed by atoms with Crippen LogP contribution < -0.4 is 0 Å². The van der Waals surface area contributed by atoms with Gasteiger partial charge in [0.15, 0.2) is 0 Å². The van der Waals surface area contributed by atoms with Crippen molar-refractivity contribution < 1.29 is 9.90 Å². The second-order valence-electron chi connectivity index (χ2n) is 5.32. The predicted octanol–water partition coefficient (Wildman–Crippen LogP) is 2.73. The molecule has 1 heterocycles. The van der Waals surface area contributed by atoms with E-state index in [0.717, 1.165) is 37.9 Å². The summed E-state index contributed by atoms with van der Waals surface area (Å²) in [6.45, 7) is 3.97. The molecule has 1 N–H and O–H groups in total. The fourth-order valence-electron chi connectivity index (χ4n) is 2.74. The van der Waals surface area contributed by atoms with Crippen LogP contribution in [0.4, 0.5) is 0 Å². The fraction of sp³-hybridized carbons (Fsp3) is 0.562. The Morgan fingerprint density at radius 3 is 2.26 bits per heavy atom. The Morgan fingerprint density at radius 2 is 1.74 bits per heavy atom. The van der Waals surface area contributed by atoms with Gasteiger partial charge in [0.2, 0.25) is 0 Å². The number of benzene rings is 1. The second kappa shape index (κ2) is 6.71. The van der Waals surface area contributed by atoms with Crippen molar-refractivity contribution in [3.8, 4) is 0 Å². The van der Waals surface area contributed by atoms with Crippen molar-refractivity contribution in [2.45, 2.75) is 45.1 Å². The number of hydrogen-bond acceptors (Lipinski definition) is 2. The predicted molar refractivity (Wildman–Crippen MR) is 76.4 cm³/mol. The van der Waals surface area contributed by atoms with Crippen molar-refractivity contribution in [2.75, 3.05) is 13.1 Å². The highest BCUT2D eigenvalue weighted by Crippen LogP contribution is 2.16. The molecule has 1 fully saturated rings. The van der Waals surface area contributed by atoms with Crippen LogP contribution in [0.1, 0.15) is 37.3 Å². The first-order valence-electron chi connectivity index (χ1n) is 7.25. The molecule has 0 aromatic heterocycles. The molecule has 0 amide bonds. The Balaban J connectivity index is 2.04. The molecule has 1 aliphatic heterocycles. The lowest BCUT2D eigenvalue weighted by Crippen LogP contribution is -2.45. The van der Waals surface area contributed by atoms with Crippen LogP contribution in [-0.4, -0.2) is 35.1 Å². The summed E-state index contributed by atoms with van der Waals surface area (Å²) in [6, 6.07) is 7.97. The van der Waals surface area contributed by atoms with Gasteiger partial charge in [-0.1, -0.05) is 37.6 Å². The standard InChI is InChI=1S/C16H23NO2/c1-2-13-6-8-14(9-7-13)12-15(16(18)19)17-10-4-3-5-11-17/h6-9,15H,2-5,10-12H2,1H3,(H,18,19). The summed E-state index contributed by atoms with van der Waals surface area (Å²) in [5.74, 6) is -0.693. The monoisotopic (exact) mass is 261 g/mol. The molecular formula is C16H23NO2. The Kier molecular flexibility index (Phi) is 4.97. The number of rotatable bonds is 5. The summed E-state index contributed by atoms with van der Waals surface area (Å²) in [6.07, 6.45) is 5.11. The van der Waals surface area contributed by atoms with Crippen LogP contribution in [0.3, 0.4) is 0 Å². The zero-order valence-electron chi connectivity index (χ0n) is 11.6. The number of carbonyl (C=O) groups is 1. The van der Waals surface area contributed by atoms with Gasteiger partial charge in [-0.2, -0.15) is 0 Å². The van der Waals surface area contributed by atoms with Gasteiger partial charge < -0.3 is 5.11 Å². The lowest BCUT2D eigenvalue weighted by molar-refractivity contribution is -0.143. The summed E-state index contributed by atoms with van der Waals surface area (Å²) >= 11 is 0. The van der Waals surface area contributed by atoms with Crippen LogP contribution in [0.25, 0.3) is 0 Å². The van der Waals surface area contributed by atoms with Gasteiger partial charge in [-0.3, -0.25) is 9.69 Å². The van der Waals surface area contributed by atoms with Gasteiger partial charge in [-0.25, -0.2) is 0 Å². The van der Waals surface area contributed by atoms with Gasteiger partial charge in [-0.05, 0) is 49.9 Å². The molecule has 2 rings (SSSR count). The number of hydrogen-bond donors (Lipinski definition) is 1. The second-order valence-corrected chi connectivity index (χ2v) is 5.32. The van der Waals surface area contributed by atoms with Crippen molar-refractivity contribution in [3.63, 3.8) is 0 Å². The summed E-state index contributed by atoms with van der Waals surface area (Å²) < 4.78 is 0. The van der Waals surface area contributed by atoms with Crippen LogP contribution in [0.15, 0.2) is 24.3 Å². The van der Waals surface area contributed by atoms with E-state index in [-0.39, 0.29) is 6.04 Å². The third-order valence-corrected chi connectivity index (χ3v) is 3.98. The maximum Gasteiger partial charge on any atom is 0.321 e. The molecule has 104 valence electrons. The number of carboxylic acid groups (broad SMARTS) is 1. The molecule has 1 saturated heterocycles. The molecular weight excluding hydrogens is 238 g/mol. The number of nitrogens with zero attached hydrogens (tertiary/aromatic N) is 1. The van der Waals surface area contributed by atoms with Crippen LogP contribution >= 0.6 is 0 Å². The fourth-order valence-corrected chi connectivity index (χ4v) is 2.74. The third-order valence-electron chi connectivity index (χ3n) is 3.98. The molecule has 0 radical (unpaired) electrons. The molecule has 1 aromatic rings. The van der Waals surface area contributed by atoms with Crippen molar-refractivity contribution >= 4 is 5.97 Å². The van der Waals surface area contributed by atoms with E-state index in [4.69, 9.17) is 0 Å². The first kappa shape index (κ1) is 14.1. The van der Waals surface area contributed by atoms with E-state index in [2.05, 4.69) is 36.1 Å². The minimum Gasteiger partial charge on any atom is -0.480 e. The molecule has 1 unspecified atom stereocenters. The van der Waals surface area contributed by atoms with E-state index in [0.29, 0.717) is 6.42 Å². The summed E-state index contributed by atoms with van der Waals surface area (Å²) in [5, 5.41) is 9.45. The van der Waals surface area contributed by atoms with E-state index in [1.165, 1.54) is 12.0 Å². The zero-order valence-corrected chi connectivity index (χ0v) is 11.6. The van der Waals surface area contributed by atoms with Gasteiger partial charge in [0.25, 0.3) is 0 Å². The van der Waals surface area contributed by atoms with Gasteiger partial charge in [0, 0.05) is 0 Å². The number of piperidine rings is 1. The van der Waals surface area contributed by atoms with Crippen molar-refractivity contribution in [1.82, 2.24) is 4.90 Å². The SMILES string of the molecule is CCc1ccc(CC(C(=O)O)N2CCCCC2)cc1. The van der Waals surface area contributed by atoms with E-state index in [1.54, 1.807) is 0 Å². The minimum absolute atomic E-state index is 0.368. The third kappa shape index (κ3) is 3.80. The highest BCUT2D eigenvalue weighted by atomic mass is 16.4. The summed E-state index contributed by atoms with van der Waals surface area (Å²) in [7, 11) is 0. The maximum absolute atomic E-state index is 11.5. The Labute approximate surface area is 115 Å². The lowest BCUT2D eigenvalue weighted by Gasteiger charge is -2.32. The van der Waals surface area contributed by atoms with Crippen molar-refractivity contribution in [2.24, 2.45) is 0 Å².